The highest BCUT2D eigenvalue weighted by Gasteiger charge is 2.40. The van der Waals surface area contributed by atoms with Gasteiger partial charge in [0, 0.05) is 36.8 Å². The predicted molar refractivity (Wildman–Crippen MR) is 116 cm³/mol. The van der Waals surface area contributed by atoms with Crippen molar-refractivity contribution in [1.82, 2.24) is 24.8 Å². The van der Waals surface area contributed by atoms with Crippen LogP contribution in [-0.2, 0) is 0 Å². The Morgan fingerprint density at radius 1 is 1.19 bits per heavy atom. The minimum absolute atomic E-state index is 0.00779. The van der Waals surface area contributed by atoms with Crippen molar-refractivity contribution in [2.45, 2.75) is 12.1 Å². The van der Waals surface area contributed by atoms with Crippen LogP contribution in [0, 0.1) is 0 Å². The number of benzene rings is 1. The van der Waals surface area contributed by atoms with Gasteiger partial charge in [0.05, 0.1) is 31.6 Å². The maximum atomic E-state index is 12.7. The SMILES string of the molecule is Nc1nc2nc[nH]c2c(N2C[C@@H](O)[C@H](N3CCN(C(=O)c4ccc(Cl)cc4)CC3)C2)[nH+]1. The first-order chi connectivity index (χ1) is 15.0. The lowest BCUT2D eigenvalue weighted by Gasteiger charge is -2.38. The summed E-state index contributed by atoms with van der Waals surface area (Å²) in [5.41, 5.74) is 7.84. The molecule has 2 fully saturated rings. The summed E-state index contributed by atoms with van der Waals surface area (Å²) >= 11 is 5.92. The summed E-state index contributed by atoms with van der Waals surface area (Å²) in [6.07, 6.45) is 1.06. The molecule has 0 spiro atoms. The number of aliphatic hydroxyl groups excluding tert-OH is 1. The molecule has 1 amide bonds. The number of rotatable bonds is 3. The standard InChI is InChI=1S/C20H23ClN8O2/c21-13-3-1-12(2-4-13)19(31)28-7-5-27(6-8-28)14-9-29(10-15(14)30)18-16-17(24-11-23-16)25-20(22)26-18/h1-4,11,14-15,30H,5-10H2,(H3,22,23,24,25,26)/p+1/t14-,15-/m1/s1. The normalized spacial score (nSPS) is 22.4. The number of fused-ring (bicyclic) bond motifs is 1. The first-order valence-electron chi connectivity index (χ1n) is 10.2. The molecule has 5 rings (SSSR count). The lowest BCUT2D eigenvalue weighted by molar-refractivity contribution is -0.348. The van der Waals surface area contributed by atoms with Crippen LogP contribution < -0.4 is 15.6 Å². The Labute approximate surface area is 183 Å². The number of piperazine rings is 1. The van der Waals surface area contributed by atoms with Crippen molar-refractivity contribution in [2.24, 2.45) is 0 Å². The molecule has 0 radical (unpaired) electrons. The minimum atomic E-state index is -0.515. The van der Waals surface area contributed by atoms with Gasteiger partial charge in [0.2, 0.25) is 11.5 Å². The number of carbonyl (C=O) groups is 1. The van der Waals surface area contributed by atoms with Crippen LogP contribution in [0.1, 0.15) is 10.4 Å². The zero-order valence-corrected chi connectivity index (χ0v) is 17.6. The quantitative estimate of drug-likeness (QED) is 0.520. The van der Waals surface area contributed by atoms with Crippen molar-refractivity contribution in [3.63, 3.8) is 0 Å². The monoisotopic (exact) mass is 443 g/mol. The average Bonchev–Trinajstić information content (AvgIpc) is 3.40. The Morgan fingerprint density at radius 3 is 2.68 bits per heavy atom. The Morgan fingerprint density at radius 2 is 1.94 bits per heavy atom. The summed E-state index contributed by atoms with van der Waals surface area (Å²) in [4.78, 5) is 33.5. The van der Waals surface area contributed by atoms with E-state index in [1.165, 1.54) is 0 Å². The van der Waals surface area contributed by atoms with E-state index in [4.69, 9.17) is 17.3 Å². The molecule has 31 heavy (non-hydrogen) atoms. The Bertz CT molecular complexity index is 1100. The van der Waals surface area contributed by atoms with Gasteiger partial charge in [-0.3, -0.25) is 9.69 Å². The zero-order chi connectivity index (χ0) is 21.5. The molecular weight excluding hydrogens is 420 g/mol. The van der Waals surface area contributed by atoms with Crippen molar-refractivity contribution in [3.05, 3.63) is 41.2 Å². The number of hydrogen-bond acceptors (Lipinski definition) is 7. The molecule has 0 aliphatic carbocycles. The summed E-state index contributed by atoms with van der Waals surface area (Å²) in [6.45, 7) is 3.75. The van der Waals surface area contributed by atoms with Crippen LogP contribution in [-0.4, -0.2) is 87.2 Å². The number of nitrogens with zero attached hydrogens (tertiary/aromatic N) is 5. The summed E-state index contributed by atoms with van der Waals surface area (Å²) < 4.78 is 0. The molecule has 10 nitrogen and oxygen atoms in total. The van der Waals surface area contributed by atoms with Gasteiger partial charge in [-0.25, -0.2) is 9.97 Å². The van der Waals surface area contributed by atoms with Gasteiger partial charge in [-0.2, -0.15) is 0 Å². The molecule has 2 aliphatic rings. The average molecular weight is 444 g/mol. The molecular formula is C20H24ClN8O2+. The van der Waals surface area contributed by atoms with E-state index in [1.807, 2.05) is 4.90 Å². The van der Waals surface area contributed by atoms with E-state index in [-0.39, 0.29) is 17.9 Å². The number of imidazole rings is 1. The molecule has 0 unspecified atom stereocenters. The van der Waals surface area contributed by atoms with Gasteiger partial charge in [-0.15, -0.1) is 0 Å². The molecule has 0 saturated carbocycles. The van der Waals surface area contributed by atoms with Crippen LogP contribution in [0.4, 0.5) is 11.8 Å². The summed E-state index contributed by atoms with van der Waals surface area (Å²) in [7, 11) is 0. The molecule has 3 aromatic rings. The van der Waals surface area contributed by atoms with Crippen LogP contribution in [0.3, 0.4) is 0 Å². The molecule has 5 N–H and O–H groups in total. The molecule has 162 valence electrons. The second kappa shape index (κ2) is 7.95. The number of aromatic amines is 2. The maximum Gasteiger partial charge on any atom is 0.344 e. The van der Waals surface area contributed by atoms with Crippen LogP contribution >= 0.6 is 11.6 Å². The number of amides is 1. The van der Waals surface area contributed by atoms with Gasteiger partial charge in [-0.1, -0.05) is 16.6 Å². The summed E-state index contributed by atoms with van der Waals surface area (Å²) in [6, 6.07) is 6.93. The van der Waals surface area contributed by atoms with E-state index in [0.717, 1.165) is 11.3 Å². The third-order valence-electron chi connectivity index (χ3n) is 6.07. The van der Waals surface area contributed by atoms with E-state index >= 15 is 0 Å². The third-order valence-corrected chi connectivity index (χ3v) is 6.32. The van der Waals surface area contributed by atoms with Crippen LogP contribution in [0.5, 0.6) is 0 Å². The fraction of sp³-hybridized carbons (Fsp3) is 0.400. The molecule has 0 bridgehead atoms. The van der Waals surface area contributed by atoms with Gasteiger partial charge in [0.1, 0.15) is 0 Å². The van der Waals surface area contributed by atoms with Crippen molar-refractivity contribution in [1.29, 1.82) is 0 Å². The highest BCUT2D eigenvalue weighted by Crippen LogP contribution is 2.26. The van der Waals surface area contributed by atoms with Gasteiger partial charge in [-0.05, 0) is 24.3 Å². The Kier molecular flexibility index (Phi) is 5.12. The summed E-state index contributed by atoms with van der Waals surface area (Å²) in [5.74, 6) is 1.06. The van der Waals surface area contributed by atoms with Gasteiger partial charge in [0.25, 0.3) is 5.91 Å². The zero-order valence-electron chi connectivity index (χ0n) is 16.8. The number of anilines is 2. The van der Waals surface area contributed by atoms with Crippen LogP contribution in [0.25, 0.3) is 11.2 Å². The fourth-order valence-corrected chi connectivity index (χ4v) is 4.58. The predicted octanol–water partition coefficient (Wildman–Crippen LogP) is 0.0151. The molecule has 2 aromatic heterocycles. The fourth-order valence-electron chi connectivity index (χ4n) is 4.45. The largest absolute Gasteiger partial charge is 0.388 e. The van der Waals surface area contributed by atoms with Gasteiger partial charge >= 0.3 is 5.95 Å². The molecule has 4 heterocycles. The number of nitrogens with one attached hydrogen (secondary N) is 2. The number of carbonyl (C=O) groups excluding carboxylic acids is 1. The second-order valence-corrected chi connectivity index (χ2v) is 8.38. The molecule has 2 atom stereocenters. The smallest absolute Gasteiger partial charge is 0.344 e. The van der Waals surface area contributed by atoms with E-state index in [2.05, 4.69) is 29.7 Å². The molecule has 2 saturated heterocycles. The number of hydrogen-bond donors (Lipinski definition) is 3. The van der Waals surface area contributed by atoms with Crippen LogP contribution in [0.2, 0.25) is 5.02 Å². The number of aromatic nitrogens is 4. The lowest BCUT2D eigenvalue weighted by Crippen LogP contribution is -2.54. The first-order valence-corrected chi connectivity index (χ1v) is 10.6. The number of nitrogen functional groups attached to an aromatic ring is 1. The molecule has 1 aromatic carbocycles. The maximum absolute atomic E-state index is 12.7. The highest BCUT2D eigenvalue weighted by atomic mass is 35.5. The Hall–Kier alpha value is -2.95. The lowest BCUT2D eigenvalue weighted by atomic mass is 10.1. The van der Waals surface area contributed by atoms with E-state index in [0.29, 0.717) is 55.5 Å². The Balaban J connectivity index is 1.25. The number of H-pyrrole nitrogens is 2. The van der Waals surface area contributed by atoms with Crippen molar-refractivity contribution < 1.29 is 14.9 Å². The van der Waals surface area contributed by atoms with Gasteiger partial charge < -0.3 is 25.6 Å². The first kappa shape index (κ1) is 20.0. The summed E-state index contributed by atoms with van der Waals surface area (Å²) in [5, 5.41) is 11.4. The number of β-amino-alcohol motifs (C(OH)–C–C–N with tert-alkyl or cyclic N) is 1. The topological polar surface area (TPSA) is 129 Å². The third kappa shape index (κ3) is 3.78. The van der Waals surface area contributed by atoms with Crippen LogP contribution in [0.15, 0.2) is 30.6 Å². The molecule has 2 aliphatic heterocycles. The second-order valence-electron chi connectivity index (χ2n) is 7.95. The minimum Gasteiger partial charge on any atom is -0.388 e. The number of aliphatic hydroxyl groups is 1. The number of nitrogens with two attached hydrogens (primary N) is 1. The van der Waals surface area contributed by atoms with E-state index < -0.39 is 6.10 Å². The van der Waals surface area contributed by atoms with Crippen molar-refractivity contribution >= 4 is 40.4 Å². The van der Waals surface area contributed by atoms with Crippen molar-refractivity contribution in [3.8, 4) is 0 Å². The van der Waals surface area contributed by atoms with Gasteiger partial charge in [0.15, 0.2) is 5.52 Å². The van der Waals surface area contributed by atoms with Crippen molar-refractivity contribution in [2.75, 3.05) is 49.9 Å². The highest BCUT2D eigenvalue weighted by molar-refractivity contribution is 6.30. The molecule has 11 heteroatoms. The number of halogens is 1. The van der Waals surface area contributed by atoms with E-state index in [9.17, 15) is 9.90 Å². The van der Waals surface area contributed by atoms with E-state index in [1.54, 1.807) is 30.6 Å².